The van der Waals surface area contributed by atoms with Gasteiger partial charge >= 0.3 is 0 Å². The Bertz CT molecular complexity index is 315. The van der Waals surface area contributed by atoms with Crippen LogP contribution in [0, 0.1) is 3.57 Å². The third-order valence-corrected chi connectivity index (χ3v) is 3.71. The van der Waals surface area contributed by atoms with Crippen LogP contribution >= 0.6 is 22.6 Å². The molecule has 0 atom stereocenters. The van der Waals surface area contributed by atoms with E-state index in [-0.39, 0.29) is 0 Å². The van der Waals surface area contributed by atoms with Crippen LogP contribution in [0.2, 0.25) is 0 Å². The van der Waals surface area contributed by atoms with Crippen LogP contribution in [0.15, 0.2) is 24.3 Å². The van der Waals surface area contributed by atoms with Gasteiger partial charge in [0.05, 0.1) is 0 Å². The Hall–Kier alpha value is -0.130. The summed E-state index contributed by atoms with van der Waals surface area (Å²) in [6, 6.07) is 9.57. The number of hydrogen-bond acceptors (Lipinski definition) is 2. The zero-order chi connectivity index (χ0) is 10.8. The van der Waals surface area contributed by atoms with Crippen molar-refractivity contribution in [1.29, 1.82) is 0 Å². The van der Waals surface area contributed by atoms with Crippen molar-refractivity contribution in [1.82, 2.24) is 9.80 Å². The molecule has 15 heavy (non-hydrogen) atoms. The van der Waals surface area contributed by atoms with Gasteiger partial charge in [-0.15, -0.1) is 0 Å². The maximum Gasteiger partial charge on any atom is 0.0344 e. The van der Waals surface area contributed by atoms with Crippen molar-refractivity contribution < 1.29 is 0 Å². The molecule has 1 aliphatic heterocycles. The number of hydrogen-bond donors (Lipinski definition) is 0. The van der Waals surface area contributed by atoms with Crippen molar-refractivity contribution in [2.75, 3.05) is 27.2 Å². The molecular formula is C12H17IN2. The fourth-order valence-electron chi connectivity index (χ4n) is 1.85. The lowest BCUT2D eigenvalue weighted by atomic mass is 10.1. The van der Waals surface area contributed by atoms with Gasteiger partial charge in [0.15, 0.2) is 0 Å². The van der Waals surface area contributed by atoms with Gasteiger partial charge in [0.2, 0.25) is 0 Å². The fraction of sp³-hybridized carbons (Fsp3) is 0.500. The molecule has 0 N–H and O–H groups in total. The Morgan fingerprint density at radius 1 is 1.27 bits per heavy atom. The summed E-state index contributed by atoms with van der Waals surface area (Å²) in [6.07, 6.45) is 0. The van der Waals surface area contributed by atoms with Gasteiger partial charge in [-0.25, -0.2) is 0 Å². The average Bonchev–Trinajstić information content (AvgIpc) is 2.13. The van der Waals surface area contributed by atoms with Gasteiger partial charge in [-0.05, 0) is 54.4 Å². The molecule has 82 valence electrons. The second-order valence-corrected chi connectivity index (χ2v) is 5.68. The minimum absolute atomic E-state index is 0.758. The number of nitrogens with zero attached hydrogens (tertiary/aromatic N) is 2. The maximum absolute atomic E-state index is 2.49. The molecule has 1 saturated heterocycles. The van der Waals surface area contributed by atoms with E-state index in [1.165, 1.54) is 22.2 Å². The smallest absolute Gasteiger partial charge is 0.0344 e. The molecule has 0 amide bonds. The van der Waals surface area contributed by atoms with Gasteiger partial charge < -0.3 is 4.90 Å². The molecular weight excluding hydrogens is 299 g/mol. The van der Waals surface area contributed by atoms with E-state index in [0.717, 1.165) is 12.6 Å². The molecule has 0 spiro atoms. The molecule has 2 rings (SSSR count). The molecule has 0 unspecified atom stereocenters. The quantitative estimate of drug-likeness (QED) is 0.788. The van der Waals surface area contributed by atoms with Crippen LogP contribution < -0.4 is 0 Å². The third-order valence-electron chi connectivity index (χ3n) is 2.99. The highest BCUT2D eigenvalue weighted by molar-refractivity contribution is 14.1. The summed E-state index contributed by atoms with van der Waals surface area (Å²) in [5.41, 5.74) is 1.42. The van der Waals surface area contributed by atoms with Gasteiger partial charge in [-0.1, -0.05) is 12.1 Å². The molecule has 1 fully saturated rings. The molecule has 0 aromatic heterocycles. The fourth-order valence-corrected chi connectivity index (χ4v) is 2.21. The van der Waals surface area contributed by atoms with Crippen molar-refractivity contribution in [3.63, 3.8) is 0 Å². The minimum Gasteiger partial charge on any atom is -0.304 e. The summed E-state index contributed by atoms with van der Waals surface area (Å²) < 4.78 is 1.31. The molecule has 1 aromatic rings. The first kappa shape index (κ1) is 11.4. The highest BCUT2D eigenvalue weighted by Crippen LogP contribution is 2.16. The van der Waals surface area contributed by atoms with E-state index in [2.05, 4.69) is 70.8 Å². The van der Waals surface area contributed by atoms with E-state index in [1.54, 1.807) is 0 Å². The predicted octanol–water partition coefficient (Wildman–Crippen LogP) is 2.04. The summed E-state index contributed by atoms with van der Waals surface area (Å²) in [7, 11) is 4.32. The normalized spacial score (nSPS) is 18.1. The zero-order valence-electron chi connectivity index (χ0n) is 9.28. The average molecular weight is 316 g/mol. The first-order valence-electron chi connectivity index (χ1n) is 5.28. The number of halogens is 1. The molecule has 3 heteroatoms. The van der Waals surface area contributed by atoms with Crippen LogP contribution in [0.4, 0.5) is 0 Å². The van der Waals surface area contributed by atoms with Crippen LogP contribution in [0.25, 0.3) is 0 Å². The van der Waals surface area contributed by atoms with Crippen molar-refractivity contribution in [3.05, 3.63) is 33.4 Å². The lowest BCUT2D eigenvalue weighted by molar-refractivity contribution is 0.0574. The molecule has 0 saturated carbocycles. The van der Waals surface area contributed by atoms with Crippen LogP contribution in [0.3, 0.4) is 0 Å². The molecule has 2 nitrogen and oxygen atoms in total. The summed E-state index contributed by atoms with van der Waals surface area (Å²) in [5, 5.41) is 0. The van der Waals surface area contributed by atoms with Crippen LogP contribution in [-0.4, -0.2) is 43.0 Å². The Kier molecular flexibility index (Phi) is 3.64. The number of rotatable bonds is 3. The van der Waals surface area contributed by atoms with E-state index >= 15 is 0 Å². The van der Waals surface area contributed by atoms with Crippen molar-refractivity contribution in [2.24, 2.45) is 0 Å². The summed E-state index contributed by atoms with van der Waals surface area (Å²) >= 11 is 2.35. The molecule has 1 heterocycles. The molecule has 1 aliphatic rings. The largest absolute Gasteiger partial charge is 0.304 e. The van der Waals surface area contributed by atoms with Crippen LogP contribution in [-0.2, 0) is 6.54 Å². The molecule has 1 aromatic carbocycles. The molecule has 0 radical (unpaired) electrons. The lowest BCUT2D eigenvalue weighted by Gasteiger charge is -2.42. The standard InChI is InChI=1S/C12H17IN2/c1-14(2)12-8-15(9-12)7-10-3-5-11(13)6-4-10/h3-6,12H,7-9H2,1-2H3. The number of likely N-dealkylation sites (tertiary alicyclic amines) is 1. The van der Waals surface area contributed by atoms with E-state index in [9.17, 15) is 0 Å². The molecule has 0 bridgehead atoms. The molecule has 0 aliphatic carbocycles. The Balaban J connectivity index is 1.82. The monoisotopic (exact) mass is 316 g/mol. The van der Waals surface area contributed by atoms with E-state index in [4.69, 9.17) is 0 Å². The second-order valence-electron chi connectivity index (χ2n) is 4.44. The first-order chi connectivity index (χ1) is 7.15. The zero-order valence-corrected chi connectivity index (χ0v) is 11.4. The maximum atomic E-state index is 2.49. The SMILES string of the molecule is CN(C)C1CN(Cc2ccc(I)cc2)C1. The number of likely N-dealkylation sites (N-methyl/N-ethyl adjacent to an activating group) is 1. The third kappa shape index (κ3) is 2.92. The van der Waals surface area contributed by atoms with E-state index < -0.39 is 0 Å². The highest BCUT2D eigenvalue weighted by Gasteiger charge is 2.27. The van der Waals surface area contributed by atoms with Crippen molar-refractivity contribution >= 4 is 22.6 Å². The van der Waals surface area contributed by atoms with Crippen molar-refractivity contribution in [3.8, 4) is 0 Å². The van der Waals surface area contributed by atoms with E-state index in [0.29, 0.717) is 0 Å². The van der Waals surface area contributed by atoms with Crippen LogP contribution in [0.5, 0.6) is 0 Å². The number of benzene rings is 1. The van der Waals surface area contributed by atoms with E-state index in [1.807, 2.05) is 0 Å². The van der Waals surface area contributed by atoms with Crippen molar-refractivity contribution in [2.45, 2.75) is 12.6 Å². The van der Waals surface area contributed by atoms with Crippen LogP contribution in [0.1, 0.15) is 5.56 Å². The Labute approximate surface area is 105 Å². The lowest BCUT2D eigenvalue weighted by Crippen LogP contribution is -2.56. The highest BCUT2D eigenvalue weighted by atomic mass is 127. The summed E-state index contributed by atoms with van der Waals surface area (Å²) in [5.74, 6) is 0. The Morgan fingerprint density at radius 2 is 1.87 bits per heavy atom. The van der Waals surface area contributed by atoms with Gasteiger partial charge in [-0.3, -0.25) is 4.90 Å². The second kappa shape index (κ2) is 4.80. The summed E-state index contributed by atoms with van der Waals surface area (Å²) in [4.78, 5) is 4.80. The summed E-state index contributed by atoms with van der Waals surface area (Å²) in [6.45, 7) is 3.51. The Morgan fingerprint density at radius 3 is 2.40 bits per heavy atom. The van der Waals surface area contributed by atoms with Gasteiger partial charge in [-0.2, -0.15) is 0 Å². The predicted molar refractivity (Wildman–Crippen MR) is 71.9 cm³/mol. The van der Waals surface area contributed by atoms with Gasteiger partial charge in [0, 0.05) is 29.2 Å². The topological polar surface area (TPSA) is 6.48 Å². The first-order valence-corrected chi connectivity index (χ1v) is 6.36. The van der Waals surface area contributed by atoms with Gasteiger partial charge in [0.1, 0.15) is 0 Å². The van der Waals surface area contributed by atoms with Gasteiger partial charge in [0.25, 0.3) is 0 Å². The minimum atomic E-state index is 0.758.